The highest BCUT2D eigenvalue weighted by Gasteiger charge is 2.41. The Morgan fingerprint density at radius 1 is 1.12 bits per heavy atom. The van der Waals surface area contributed by atoms with E-state index in [0.717, 1.165) is 5.56 Å². The largest absolute Gasteiger partial charge is 0.487 e. The molecule has 0 spiro atoms. The standard InChI is InChI=1S/C23H21Cl3N2O3S/c1-13(31-21-7-4-15(24)10-27-21)16-11-28(23(29)20-6-8-22(30-2)32-20)12-17(16)14-3-5-18(25)19(26)9-14/h3-10,13,16-17H,11-12H2,1-2H3/t13-,16+,17+/m1/s1. The zero-order valence-corrected chi connectivity index (χ0v) is 20.5. The van der Waals surface area contributed by atoms with Crippen molar-refractivity contribution in [1.82, 2.24) is 9.88 Å². The molecule has 9 heteroatoms. The highest BCUT2D eigenvalue weighted by Crippen LogP contribution is 2.39. The van der Waals surface area contributed by atoms with Gasteiger partial charge in [-0.05, 0) is 42.8 Å². The Hall–Kier alpha value is -1.99. The van der Waals surface area contributed by atoms with Gasteiger partial charge in [0.05, 0.1) is 27.1 Å². The molecule has 0 saturated carbocycles. The number of aromatic nitrogens is 1. The van der Waals surface area contributed by atoms with Gasteiger partial charge in [-0.3, -0.25) is 4.79 Å². The Morgan fingerprint density at radius 3 is 2.59 bits per heavy atom. The summed E-state index contributed by atoms with van der Waals surface area (Å²) in [6.45, 7) is 3.08. The third kappa shape index (κ3) is 4.99. The Labute approximate surface area is 205 Å². The van der Waals surface area contributed by atoms with Crippen LogP contribution in [0.25, 0.3) is 0 Å². The number of carbonyl (C=O) groups excluding carboxylic acids is 1. The average molecular weight is 512 g/mol. The van der Waals surface area contributed by atoms with Gasteiger partial charge in [-0.25, -0.2) is 4.98 Å². The molecule has 1 aliphatic heterocycles. The van der Waals surface area contributed by atoms with Crippen LogP contribution in [0, 0.1) is 5.92 Å². The normalized spacial score (nSPS) is 19.1. The van der Waals surface area contributed by atoms with E-state index in [9.17, 15) is 4.79 Å². The number of thiophene rings is 1. The first-order valence-electron chi connectivity index (χ1n) is 10.0. The maximum atomic E-state index is 13.2. The molecular formula is C23H21Cl3N2O3S. The van der Waals surface area contributed by atoms with E-state index in [1.807, 2.05) is 24.0 Å². The first-order chi connectivity index (χ1) is 15.4. The number of hydrogen-bond acceptors (Lipinski definition) is 5. The van der Waals surface area contributed by atoms with Crippen LogP contribution in [0.4, 0.5) is 0 Å². The highest BCUT2D eigenvalue weighted by molar-refractivity contribution is 7.15. The first kappa shape index (κ1) is 23.2. The molecule has 32 heavy (non-hydrogen) atoms. The molecule has 3 aromatic rings. The van der Waals surface area contributed by atoms with Crippen LogP contribution >= 0.6 is 46.1 Å². The molecule has 1 aliphatic rings. The number of hydrogen-bond donors (Lipinski definition) is 0. The van der Waals surface area contributed by atoms with Crippen molar-refractivity contribution in [3.8, 4) is 10.9 Å². The van der Waals surface area contributed by atoms with Crippen molar-refractivity contribution in [3.05, 3.63) is 74.2 Å². The van der Waals surface area contributed by atoms with Crippen LogP contribution in [0.1, 0.15) is 28.1 Å². The number of likely N-dealkylation sites (tertiary alicyclic amines) is 1. The van der Waals surface area contributed by atoms with E-state index >= 15 is 0 Å². The fourth-order valence-corrected chi connectivity index (χ4v) is 5.18. The third-order valence-electron chi connectivity index (χ3n) is 5.63. The summed E-state index contributed by atoms with van der Waals surface area (Å²) in [6, 6.07) is 12.7. The van der Waals surface area contributed by atoms with Crippen molar-refractivity contribution in [3.63, 3.8) is 0 Å². The number of methoxy groups -OCH3 is 1. The first-order valence-corrected chi connectivity index (χ1v) is 12.0. The van der Waals surface area contributed by atoms with Gasteiger partial charge in [-0.2, -0.15) is 0 Å². The molecule has 0 aliphatic carbocycles. The van der Waals surface area contributed by atoms with Crippen LogP contribution in [0.3, 0.4) is 0 Å². The molecule has 4 rings (SSSR count). The summed E-state index contributed by atoms with van der Waals surface area (Å²) in [5.74, 6) is 0.513. The van der Waals surface area contributed by atoms with Crippen molar-refractivity contribution in [2.75, 3.05) is 20.2 Å². The molecule has 0 bridgehead atoms. The average Bonchev–Trinajstić information content (AvgIpc) is 3.44. The molecule has 1 fully saturated rings. The lowest BCUT2D eigenvalue weighted by molar-refractivity contribution is 0.0774. The molecule has 3 atom stereocenters. The number of rotatable bonds is 6. The molecule has 3 heterocycles. The number of nitrogens with zero attached hydrogens (tertiary/aromatic N) is 2. The summed E-state index contributed by atoms with van der Waals surface area (Å²) in [6.07, 6.45) is 1.34. The predicted octanol–water partition coefficient (Wildman–Crippen LogP) is 6.44. The number of pyridine rings is 1. The van der Waals surface area contributed by atoms with Gasteiger partial charge in [-0.1, -0.05) is 52.2 Å². The molecule has 1 amide bonds. The Bertz CT molecular complexity index is 1110. The second-order valence-electron chi connectivity index (χ2n) is 7.61. The Balaban J connectivity index is 1.60. The number of ether oxygens (including phenoxy) is 2. The lowest BCUT2D eigenvalue weighted by Crippen LogP contribution is -2.32. The van der Waals surface area contributed by atoms with Crippen LogP contribution in [0.5, 0.6) is 10.9 Å². The van der Waals surface area contributed by atoms with Gasteiger partial charge in [0.25, 0.3) is 5.91 Å². The second kappa shape index (κ2) is 9.87. The number of carbonyl (C=O) groups is 1. The SMILES string of the molecule is COc1ccc(C(=O)N2C[C@@H]([C@@H](C)Oc3ccc(Cl)cn3)[C@H](c3ccc(Cl)c(Cl)c3)C2)s1. The third-order valence-corrected chi connectivity index (χ3v) is 7.62. The van der Waals surface area contributed by atoms with Crippen LogP contribution in [-0.2, 0) is 0 Å². The zero-order chi connectivity index (χ0) is 22.8. The number of benzene rings is 1. The van der Waals surface area contributed by atoms with E-state index in [0.29, 0.717) is 44.0 Å². The smallest absolute Gasteiger partial charge is 0.264 e. The van der Waals surface area contributed by atoms with Gasteiger partial charge in [-0.15, -0.1) is 0 Å². The molecule has 0 unspecified atom stereocenters. The van der Waals surface area contributed by atoms with Crippen molar-refractivity contribution in [2.24, 2.45) is 5.92 Å². The van der Waals surface area contributed by atoms with Gasteiger partial charge in [0.2, 0.25) is 5.88 Å². The summed E-state index contributed by atoms with van der Waals surface area (Å²) in [4.78, 5) is 19.9. The minimum Gasteiger partial charge on any atom is -0.487 e. The summed E-state index contributed by atoms with van der Waals surface area (Å²) in [5, 5.41) is 2.24. The van der Waals surface area contributed by atoms with Gasteiger partial charge < -0.3 is 14.4 Å². The van der Waals surface area contributed by atoms with Crippen LogP contribution in [0.2, 0.25) is 15.1 Å². The number of halogens is 3. The van der Waals surface area contributed by atoms with E-state index in [1.54, 1.807) is 43.6 Å². The second-order valence-corrected chi connectivity index (χ2v) is 9.91. The van der Waals surface area contributed by atoms with E-state index in [-0.39, 0.29) is 23.8 Å². The fourth-order valence-electron chi connectivity index (χ4n) is 3.98. The summed E-state index contributed by atoms with van der Waals surface area (Å²) in [7, 11) is 1.59. The maximum Gasteiger partial charge on any atom is 0.264 e. The molecule has 168 valence electrons. The van der Waals surface area contributed by atoms with Gasteiger partial charge in [0.15, 0.2) is 5.06 Å². The molecular weight excluding hydrogens is 491 g/mol. The van der Waals surface area contributed by atoms with E-state index in [4.69, 9.17) is 44.3 Å². The number of amides is 1. The summed E-state index contributed by atoms with van der Waals surface area (Å²) < 4.78 is 11.4. The molecule has 0 N–H and O–H groups in total. The molecule has 2 aromatic heterocycles. The lowest BCUT2D eigenvalue weighted by Gasteiger charge is -2.25. The predicted molar refractivity (Wildman–Crippen MR) is 129 cm³/mol. The molecule has 1 saturated heterocycles. The highest BCUT2D eigenvalue weighted by atomic mass is 35.5. The minimum absolute atomic E-state index is 0.0236. The molecule has 1 aromatic carbocycles. The maximum absolute atomic E-state index is 13.2. The summed E-state index contributed by atoms with van der Waals surface area (Å²) >= 11 is 19.7. The van der Waals surface area contributed by atoms with Crippen molar-refractivity contribution in [2.45, 2.75) is 18.9 Å². The van der Waals surface area contributed by atoms with E-state index in [1.165, 1.54) is 11.3 Å². The fraction of sp³-hybridized carbons (Fsp3) is 0.304. The monoisotopic (exact) mass is 510 g/mol. The Morgan fingerprint density at radius 2 is 1.94 bits per heavy atom. The van der Waals surface area contributed by atoms with E-state index < -0.39 is 0 Å². The van der Waals surface area contributed by atoms with Gasteiger partial charge in [0.1, 0.15) is 6.10 Å². The van der Waals surface area contributed by atoms with Crippen molar-refractivity contribution >= 4 is 52.0 Å². The molecule has 0 radical (unpaired) electrons. The van der Waals surface area contributed by atoms with E-state index in [2.05, 4.69) is 4.98 Å². The zero-order valence-electron chi connectivity index (χ0n) is 17.4. The van der Waals surface area contributed by atoms with Crippen LogP contribution in [-0.4, -0.2) is 42.1 Å². The minimum atomic E-state index is -0.209. The molecule has 5 nitrogen and oxygen atoms in total. The topological polar surface area (TPSA) is 51.7 Å². The Kier molecular flexibility index (Phi) is 7.15. The van der Waals surface area contributed by atoms with Crippen molar-refractivity contribution < 1.29 is 14.3 Å². The van der Waals surface area contributed by atoms with Gasteiger partial charge in [0, 0.05) is 37.2 Å². The van der Waals surface area contributed by atoms with Crippen LogP contribution in [0.15, 0.2) is 48.7 Å². The lowest BCUT2D eigenvalue weighted by atomic mass is 9.86. The van der Waals surface area contributed by atoms with Crippen LogP contribution < -0.4 is 9.47 Å². The quantitative estimate of drug-likeness (QED) is 0.382. The summed E-state index contributed by atoms with van der Waals surface area (Å²) in [5.41, 5.74) is 1.02. The van der Waals surface area contributed by atoms with Crippen molar-refractivity contribution in [1.29, 1.82) is 0 Å². The van der Waals surface area contributed by atoms with Gasteiger partial charge >= 0.3 is 0 Å².